The first-order chi connectivity index (χ1) is 10.2. The molecule has 2 N–H and O–H groups in total. The Labute approximate surface area is 126 Å². The van der Waals surface area contributed by atoms with Crippen molar-refractivity contribution in [3.05, 3.63) is 54.1 Å². The largest absolute Gasteiger partial charge is 0.508 e. The summed E-state index contributed by atoms with van der Waals surface area (Å²) in [5, 5.41) is 13.2. The Morgan fingerprint density at radius 1 is 1.05 bits per heavy atom. The minimum atomic E-state index is 0.361. The number of phenolic OH excluding ortho intramolecular Hbond substituents is 1. The molecule has 21 heavy (non-hydrogen) atoms. The van der Waals surface area contributed by atoms with Crippen molar-refractivity contribution in [2.24, 2.45) is 0 Å². The third kappa shape index (κ3) is 3.30. The molecule has 1 heterocycles. The standard InChI is InChI=1S/C18H22N2O/c1-14-13-16(7-8-18(14)21)19-15-9-11-20(12-10-15)17-5-3-2-4-6-17/h2-8,13,15,19,21H,9-12H2,1H3. The molecule has 2 aromatic rings. The van der Waals surface area contributed by atoms with E-state index in [2.05, 4.69) is 40.5 Å². The lowest BCUT2D eigenvalue weighted by Gasteiger charge is -2.34. The highest BCUT2D eigenvalue weighted by Gasteiger charge is 2.19. The number of aromatic hydroxyl groups is 1. The summed E-state index contributed by atoms with van der Waals surface area (Å²) in [6.45, 7) is 4.09. The molecule has 110 valence electrons. The molecular weight excluding hydrogens is 260 g/mol. The third-order valence-electron chi connectivity index (χ3n) is 4.18. The van der Waals surface area contributed by atoms with Gasteiger partial charge in [-0.05, 0) is 55.7 Å². The van der Waals surface area contributed by atoms with Gasteiger partial charge in [-0.15, -0.1) is 0 Å². The zero-order chi connectivity index (χ0) is 14.7. The summed E-state index contributed by atoms with van der Waals surface area (Å²) in [4.78, 5) is 2.44. The lowest BCUT2D eigenvalue weighted by molar-refractivity contribution is 0.471. The van der Waals surface area contributed by atoms with Gasteiger partial charge in [0.25, 0.3) is 0 Å². The van der Waals surface area contributed by atoms with Gasteiger partial charge in [0.1, 0.15) is 5.75 Å². The predicted octanol–water partition coefficient (Wildman–Crippen LogP) is 3.78. The maximum atomic E-state index is 9.58. The summed E-state index contributed by atoms with van der Waals surface area (Å²) in [7, 11) is 0. The van der Waals surface area contributed by atoms with E-state index in [1.165, 1.54) is 5.69 Å². The average molecular weight is 282 g/mol. The number of hydrogen-bond donors (Lipinski definition) is 2. The molecule has 3 rings (SSSR count). The van der Waals surface area contributed by atoms with Crippen LogP contribution in [-0.2, 0) is 0 Å². The highest BCUT2D eigenvalue weighted by atomic mass is 16.3. The van der Waals surface area contributed by atoms with Gasteiger partial charge in [0, 0.05) is 30.5 Å². The number of anilines is 2. The Morgan fingerprint density at radius 2 is 1.76 bits per heavy atom. The zero-order valence-electron chi connectivity index (χ0n) is 12.4. The third-order valence-corrected chi connectivity index (χ3v) is 4.18. The number of phenols is 1. The Balaban J connectivity index is 1.57. The summed E-state index contributed by atoms with van der Waals surface area (Å²) in [6, 6.07) is 16.8. The Bertz CT molecular complexity index is 589. The topological polar surface area (TPSA) is 35.5 Å². The molecule has 1 fully saturated rings. The average Bonchev–Trinajstić information content (AvgIpc) is 2.53. The highest BCUT2D eigenvalue weighted by molar-refractivity contribution is 5.51. The highest BCUT2D eigenvalue weighted by Crippen LogP contribution is 2.24. The van der Waals surface area contributed by atoms with E-state index in [0.717, 1.165) is 37.2 Å². The van der Waals surface area contributed by atoms with Crippen LogP contribution in [0.1, 0.15) is 18.4 Å². The van der Waals surface area contributed by atoms with E-state index < -0.39 is 0 Å². The minimum Gasteiger partial charge on any atom is -0.508 e. The summed E-state index contributed by atoms with van der Waals surface area (Å²) >= 11 is 0. The summed E-state index contributed by atoms with van der Waals surface area (Å²) < 4.78 is 0. The first-order valence-corrected chi connectivity index (χ1v) is 7.58. The van der Waals surface area contributed by atoms with E-state index in [1.54, 1.807) is 6.07 Å². The number of rotatable bonds is 3. The second kappa shape index (κ2) is 6.08. The van der Waals surface area contributed by atoms with Crippen LogP contribution in [-0.4, -0.2) is 24.2 Å². The van der Waals surface area contributed by atoms with E-state index in [9.17, 15) is 5.11 Å². The van der Waals surface area contributed by atoms with E-state index in [4.69, 9.17) is 0 Å². The van der Waals surface area contributed by atoms with Crippen molar-refractivity contribution in [2.45, 2.75) is 25.8 Å². The molecule has 0 bridgehead atoms. The molecule has 0 saturated carbocycles. The minimum absolute atomic E-state index is 0.361. The van der Waals surface area contributed by atoms with Crippen LogP contribution >= 0.6 is 0 Å². The summed E-state index contributed by atoms with van der Waals surface area (Å²) in [6.07, 6.45) is 2.27. The van der Waals surface area contributed by atoms with E-state index >= 15 is 0 Å². The van der Waals surface area contributed by atoms with Crippen molar-refractivity contribution in [2.75, 3.05) is 23.3 Å². The molecule has 1 aliphatic heterocycles. The van der Waals surface area contributed by atoms with Crippen molar-refractivity contribution in [1.29, 1.82) is 0 Å². The van der Waals surface area contributed by atoms with Crippen molar-refractivity contribution in [3.8, 4) is 5.75 Å². The van der Waals surface area contributed by atoms with Crippen LogP contribution in [0.3, 0.4) is 0 Å². The molecule has 0 radical (unpaired) electrons. The van der Waals surface area contributed by atoms with Crippen molar-refractivity contribution >= 4 is 11.4 Å². The number of nitrogens with one attached hydrogen (secondary N) is 1. The van der Waals surface area contributed by atoms with Gasteiger partial charge in [-0.1, -0.05) is 18.2 Å². The second-order valence-electron chi connectivity index (χ2n) is 5.74. The van der Waals surface area contributed by atoms with Gasteiger partial charge < -0.3 is 15.3 Å². The van der Waals surface area contributed by atoms with Gasteiger partial charge in [-0.2, -0.15) is 0 Å². The first kappa shape index (κ1) is 13.8. The van der Waals surface area contributed by atoms with E-state index in [0.29, 0.717) is 11.8 Å². The molecule has 1 saturated heterocycles. The summed E-state index contributed by atoms with van der Waals surface area (Å²) in [5.74, 6) is 0.361. The van der Waals surface area contributed by atoms with Crippen molar-refractivity contribution in [1.82, 2.24) is 0 Å². The predicted molar refractivity (Wildman–Crippen MR) is 88.1 cm³/mol. The van der Waals surface area contributed by atoms with Gasteiger partial charge >= 0.3 is 0 Å². The molecule has 0 aliphatic carbocycles. The Hall–Kier alpha value is -2.16. The number of aryl methyl sites for hydroxylation is 1. The number of para-hydroxylation sites is 1. The Morgan fingerprint density at radius 3 is 2.43 bits per heavy atom. The van der Waals surface area contributed by atoms with E-state index in [-0.39, 0.29) is 0 Å². The fourth-order valence-corrected chi connectivity index (χ4v) is 2.90. The lowest BCUT2D eigenvalue weighted by Crippen LogP contribution is -2.39. The maximum absolute atomic E-state index is 9.58. The quantitative estimate of drug-likeness (QED) is 0.841. The molecule has 0 aromatic heterocycles. The van der Waals surface area contributed by atoms with Crippen molar-refractivity contribution < 1.29 is 5.11 Å². The second-order valence-corrected chi connectivity index (χ2v) is 5.74. The van der Waals surface area contributed by atoms with Gasteiger partial charge in [-0.25, -0.2) is 0 Å². The van der Waals surface area contributed by atoms with Crippen LogP contribution in [0.15, 0.2) is 48.5 Å². The van der Waals surface area contributed by atoms with Crippen LogP contribution in [0, 0.1) is 6.92 Å². The molecule has 0 amide bonds. The van der Waals surface area contributed by atoms with Crippen molar-refractivity contribution in [3.63, 3.8) is 0 Å². The van der Waals surface area contributed by atoms with Gasteiger partial charge in [0.2, 0.25) is 0 Å². The summed E-state index contributed by atoms with van der Waals surface area (Å²) in [5.41, 5.74) is 3.33. The van der Waals surface area contributed by atoms with Crippen LogP contribution in [0.2, 0.25) is 0 Å². The molecular formula is C18H22N2O. The van der Waals surface area contributed by atoms with Gasteiger partial charge in [0.15, 0.2) is 0 Å². The SMILES string of the molecule is Cc1cc(NC2CCN(c3ccccc3)CC2)ccc1O. The molecule has 0 atom stereocenters. The molecule has 3 nitrogen and oxygen atoms in total. The fourth-order valence-electron chi connectivity index (χ4n) is 2.90. The van der Waals surface area contributed by atoms with Gasteiger partial charge in [0.05, 0.1) is 0 Å². The van der Waals surface area contributed by atoms with Crippen LogP contribution in [0.25, 0.3) is 0 Å². The molecule has 0 spiro atoms. The van der Waals surface area contributed by atoms with Crippen LogP contribution < -0.4 is 10.2 Å². The lowest BCUT2D eigenvalue weighted by atomic mass is 10.0. The van der Waals surface area contributed by atoms with Crippen LogP contribution in [0.4, 0.5) is 11.4 Å². The maximum Gasteiger partial charge on any atom is 0.118 e. The molecule has 0 unspecified atom stereocenters. The van der Waals surface area contributed by atoms with Gasteiger partial charge in [-0.3, -0.25) is 0 Å². The number of piperidine rings is 1. The molecule has 1 aliphatic rings. The molecule has 3 heteroatoms. The fraction of sp³-hybridized carbons (Fsp3) is 0.333. The normalized spacial score (nSPS) is 16.0. The Kier molecular flexibility index (Phi) is 4.00. The number of nitrogens with zero attached hydrogens (tertiary/aromatic N) is 1. The number of hydrogen-bond acceptors (Lipinski definition) is 3. The molecule has 2 aromatic carbocycles. The first-order valence-electron chi connectivity index (χ1n) is 7.58. The van der Waals surface area contributed by atoms with Crippen LogP contribution in [0.5, 0.6) is 5.75 Å². The zero-order valence-corrected chi connectivity index (χ0v) is 12.4. The monoisotopic (exact) mass is 282 g/mol. The van der Waals surface area contributed by atoms with E-state index in [1.807, 2.05) is 19.1 Å². The number of benzene rings is 2. The smallest absolute Gasteiger partial charge is 0.118 e.